The zero-order chi connectivity index (χ0) is 22.0. The number of halogens is 1. The third kappa shape index (κ3) is 4.66. The first-order valence-corrected chi connectivity index (χ1v) is 10.4. The first-order chi connectivity index (χ1) is 14.9. The summed E-state index contributed by atoms with van der Waals surface area (Å²) in [5.41, 5.74) is 3.62. The molecule has 3 aromatic rings. The smallest absolute Gasteiger partial charge is 0.271 e. The fraction of sp³-hybridized carbons (Fsp3) is 0.292. The maximum absolute atomic E-state index is 13.1. The van der Waals surface area contributed by atoms with Gasteiger partial charge in [0.1, 0.15) is 11.6 Å². The monoisotopic (exact) mass is 420 g/mol. The predicted molar refractivity (Wildman–Crippen MR) is 118 cm³/mol. The Morgan fingerprint density at radius 2 is 1.65 bits per heavy atom. The summed E-state index contributed by atoms with van der Waals surface area (Å²) in [7, 11) is 0. The minimum Gasteiger partial charge on any atom is -0.352 e. The summed E-state index contributed by atoms with van der Waals surface area (Å²) in [6.07, 6.45) is 0.260. The molecule has 31 heavy (non-hydrogen) atoms. The average molecular weight is 420 g/mol. The number of nitrogens with zero attached hydrogens (tertiary/aromatic N) is 4. The van der Waals surface area contributed by atoms with Crippen LogP contribution in [-0.2, 0) is 11.2 Å². The van der Waals surface area contributed by atoms with Gasteiger partial charge in [0.2, 0.25) is 5.91 Å². The number of anilines is 1. The lowest BCUT2D eigenvalue weighted by Gasteiger charge is -2.35. The minimum absolute atomic E-state index is 0.0271. The second-order valence-electron chi connectivity index (χ2n) is 7.88. The maximum atomic E-state index is 13.1. The molecule has 1 aliphatic rings. The summed E-state index contributed by atoms with van der Waals surface area (Å²) >= 11 is 0. The molecular weight excluding hydrogens is 395 g/mol. The van der Waals surface area contributed by atoms with Crippen LogP contribution in [0.1, 0.15) is 16.7 Å². The van der Waals surface area contributed by atoms with Gasteiger partial charge in [0.05, 0.1) is 12.1 Å². The van der Waals surface area contributed by atoms with Crippen molar-refractivity contribution in [3.05, 3.63) is 87.5 Å². The summed E-state index contributed by atoms with van der Waals surface area (Å²) in [6.45, 7) is 6.45. The van der Waals surface area contributed by atoms with E-state index in [2.05, 4.69) is 10.00 Å². The molecule has 0 spiro atoms. The van der Waals surface area contributed by atoms with Gasteiger partial charge in [-0.1, -0.05) is 18.2 Å². The highest BCUT2D eigenvalue weighted by Crippen LogP contribution is 2.16. The zero-order valence-electron chi connectivity index (χ0n) is 17.7. The van der Waals surface area contributed by atoms with Gasteiger partial charge in [-0.05, 0) is 60.9 Å². The Balaban J connectivity index is 1.44. The van der Waals surface area contributed by atoms with Crippen LogP contribution >= 0.6 is 0 Å². The van der Waals surface area contributed by atoms with Gasteiger partial charge in [-0.2, -0.15) is 4.68 Å². The number of aryl methyl sites for hydroxylation is 2. The van der Waals surface area contributed by atoms with E-state index in [0.717, 1.165) is 22.4 Å². The molecule has 4 rings (SSSR count). The van der Waals surface area contributed by atoms with Gasteiger partial charge in [0.25, 0.3) is 5.56 Å². The number of carbonyl (C=O) groups is 1. The van der Waals surface area contributed by atoms with E-state index in [1.165, 1.54) is 22.9 Å². The van der Waals surface area contributed by atoms with Crippen molar-refractivity contribution in [1.29, 1.82) is 0 Å². The first kappa shape index (κ1) is 20.8. The van der Waals surface area contributed by atoms with E-state index in [1.807, 2.05) is 36.9 Å². The SMILES string of the molecule is Cc1ccc(-n2nc(N3CCN(C(=O)Cc4ccc(F)cc4)CC3)ccc2=O)cc1C. The average Bonchev–Trinajstić information content (AvgIpc) is 2.78. The molecule has 1 aromatic heterocycles. The Bertz CT molecular complexity index is 1150. The number of aromatic nitrogens is 2. The number of amides is 1. The lowest BCUT2D eigenvalue weighted by molar-refractivity contribution is -0.130. The Labute approximate surface area is 180 Å². The van der Waals surface area contributed by atoms with Gasteiger partial charge in [-0.25, -0.2) is 4.39 Å². The van der Waals surface area contributed by atoms with Gasteiger partial charge in [0, 0.05) is 32.2 Å². The second-order valence-corrected chi connectivity index (χ2v) is 7.88. The van der Waals surface area contributed by atoms with Crippen LogP contribution < -0.4 is 10.5 Å². The number of piperazine rings is 1. The van der Waals surface area contributed by atoms with E-state index in [0.29, 0.717) is 32.0 Å². The van der Waals surface area contributed by atoms with Crippen LogP contribution in [0.2, 0.25) is 0 Å². The Morgan fingerprint density at radius 3 is 2.32 bits per heavy atom. The van der Waals surface area contributed by atoms with Crippen LogP contribution in [0.4, 0.5) is 10.2 Å². The highest BCUT2D eigenvalue weighted by molar-refractivity contribution is 5.79. The van der Waals surface area contributed by atoms with Crippen LogP contribution in [-0.4, -0.2) is 46.8 Å². The van der Waals surface area contributed by atoms with Gasteiger partial charge in [-0.3, -0.25) is 9.59 Å². The van der Waals surface area contributed by atoms with Gasteiger partial charge >= 0.3 is 0 Å². The fourth-order valence-electron chi connectivity index (χ4n) is 3.69. The molecular formula is C24H25FN4O2. The Kier molecular flexibility index (Phi) is 5.84. The molecule has 0 atom stereocenters. The van der Waals surface area contributed by atoms with Crippen molar-refractivity contribution >= 4 is 11.7 Å². The van der Waals surface area contributed by atoms with E-state index < -0.39 is 0 Å². The third-order valence-corrected chi connectivity index (χ3v) is 5.75. The lowest BCUT2D eigenvalue weighted by Crippen LogP contribution is -2.49. The standard InChI is InChI=1S/C24H25FN4O2/c1-17-3-8-21(15-18(17)2)29-23(30)10-9-22(26-29)27-11-13-28(14-12-27)24(31)16-19-4-6-20(25)7-5-19/h3-10,15H,11-14,16H2,1-2H3. The number of hydrogen-bond donors (Lipinski definition) is 0. The molecule has 0 bridgehead atoms. The number of hydrogen-bond acceptors (Lipinski definition) is 4. The molecule has 2 aromatic carbocycles. The summed E-state index contributed by atoms with van der Waals surface area (Å²) < 4.78 is 14.5. The summed E-state index contributed by atoms with van der Waals surface area (Å²) in [6, 6.07) is 15.1. The fourth-order valence-corrected chi connectivity index (χ4v) is 3.69. The van der Waals surface area contributed by atoms with Crippen LogP contribution in [0.3, 0.4) is 0 Å². The molecule has 0 radical (unpaired) electrons. The van der Waals surface area contributed by atoms with Crippen molar-refractivity contribution in [2.75, 3.05) is 31.1 Å². The molecule has 0 N–H and O–H groups in total. The predicted octanol–water partition coefficient (Wildman–Crippen LogP) is 2.88. The molecule has 160 valence electrons. The molecule has 0 saturated carbocycles. The number of rotatable bonds is 4. The van der Waals surface area contributed by atoms with Crippen LogP contribution in [0.15, 0.2) is 59.4 Å². The van der Waals surface area contributed by atoms with Crippen molar-refractivity contribution in [1.82, 2.24) is 14.7 Å². The summed E-state index contributed by atoms with van der Waals surface area (Å²) in [4.78, 5) is 28.9. The Hall–Kier alpha value is -3.48. The normalized spacial score (nSPS) is 14.0. The van der Waals surface area contributed by atoms with Crippen molar-refractivity contribution < 1.29 is 9.18 Å². The summed E-state index contributed by atoms with van der Waals surface area (Å²) in [5, 5.41) is 4.57. The van der Waals surface area contributed by atoms with Crippen molar-refractivity contribution in [3.63, 3.8) is 0 Å². The van der Waals surface area contributed by atoms with Crippen LogP contribution in [0.5, 0.6) is 0 Å². The van der Waals surface area contributed by atoms with Gasteiger partial charge in [-0.15, -0.1) is 5.10 Å². The quantitative estimate of drug-likeness (QED) is 0.651. The van der Waals surface area contributed by atoms with E-state index in [4.69, 9.17) is 0 Å². The molecule has 0 aliphatic carbocycles. The van der Waals surface area contributed by atoms with Gasteiger partial charge in [0.15, 0.2) is 0 Å². The molecule has 1 saturated heterocycles. The van der Waals surface area contributed by atoms with Crippen LogP contribution in [0, 0.1) is 19.7 Å². The number of carbonyl (C=O) groups excluding carboxylic acids is 1. The molecule has 1 amide bonds. The van der Waals surface area contributed by atoms with Crippen molar-refractivity contribution in [2.24, 2.45) is 0 Å². The zero-order valence-corrected chi connectivity index (χ0v) is 17.7. The van der Waals surface area contributed by atoms with Crippen molar-refractivity contribution in [3.8, 4) is 5.69 Å². The maximum Gasteiger partial charge on any atom is 0.271 e. The first-order valence-electron chi connectivity index (χ1n) is 10.4. The van der Waals surface area contributed by atoms with Crippen LogP contribution in [0.25, 0.3) is 5.69 Å². The molecule has 0 unspecified atom stereocenters. The van der Waals surface area contributed by atoms with E-state index in [9.17, 15) is 14.0 Å². The molecule has 1 fully saturated rings. The lowest BCUT2D eigenvalue weighted by atomic mass is 10.1. The molecule has 2 heterocycles. The number of benzene rings is 2. The van der Waals surface area contributed by atoms with Gasteiger partial charge < -0.3 is 9.80 Å². The molecule has 1 aliphatic heterocycles. The Morgan fingerprint density at radius 1 is 0.935 bits per heavy atom. The largest absolute Gasteiger partial charge is 0.352 e. The topological polar surface area (TPSA) is 58.4 Å². The van der Waals surface area contributed by atoms with E-state index >= 15 is 0 Å². The second kappa shape index (κ2) is 8.71. The highest BCUT2D eigenvalue weighted by atomic mass is 19.1. The van der Waals surface area contributed by atoms with E-state index in [-0.39, 0.29) is 23.7 Å². The van der Waals surface area contributed by atoms with Crippen molar-refractivity contribution in [2.45, 2.75) is 20.3 Å². The highest BCUT2D eigenvalue weighted by Gasteiger charge is 2.22. The minimum atomic E-state index is -0.306. The molecule has 6 nitrogen and oxygen atoms in total. The molecule has 7 heteroatoms. The summed E-state index contributed by atoms with van der Waals surface area (Å²) in [5.74, 6) is 0.433. The van der Waals surface area contributed by atoms with E-state index in [1.54, 1.807) is 18.2 Å². The third-order valence-electron chi connectivity index (χ3n) is 5.75.